The van der Waals surface area contributed by atoms with Crippen LogP contribution in [0.5, 0.6) is 0 Å². The van der Waals surface area contributed by atoms with Gasteiger partial charge in [-0.2, -0.15) is 0 Å². The summed E-state index contributed by atoms with van der Waals surface area (Å²) < 4.78 is 7.33. The zero-order chi connectivity index (χ0) is 12.8. The molecule has 0 saturated carbocycles. The Hall–Kier alpha value is 0.150. The average Bonchev–Trinajstić information content (AvgIpc) is 2.28. The van der Waals surface area contributed by atoms with E-state index >= 15 is 0 Å². The molecule has 0 aliphatic rings. The molecule has 4 heteroatoms. The monoisotopic (exact) mass is 458 g/mol. The summed E-state index contributed by atoms with van der Waals surface area (Å²) in [4.78, 5) is 11.6. The van der Waals surface area contributed by atoms with Crippen LogP contribution in [0.4, 0.5) is 0 Å². The van der Waals surface area contributed by atoms with E-state index in [9.17, 15) is 4.79 Å². The van der Waals surface area contributed by atoms with Crippen LogP contribution >= 0.6 is 45.2 Å². The van der Waals surface area contributed by atoms with Crippen LogP contribution in [0, 0.1) is 7.14 Å². The van der Waals surface area contributed by atoms with Gasteiger partial charge >= 0.3 is 5.97 Å². The number of benzene rings is 1. The molecular formula is C13H16I2O2. The summed E-state index contributed by atoms with van der Waals surface area (Å²) >= 11 is 4.60. The van der Waals surface area contributed by atoms with Gasteiger partial charge in [0.2, 0.25) is 0 Å². The van der Waals surface area contributed by atoms with Crippen LogP contribution in [-0.4, -0.2) is 12.6 Å². The third-order valence-corrected chi connectivity index (χ3v) is 4.36. The summed E-state index contributed by atoms with van der Waals surface area (Å²) in [6.45, 7) is 4.43. The molecule has 0 fully saturated rings. The number of halogens is 2. The molecule has 0 aliphatic heterocycles. The van der Waals surface area contributed by atoms with E-state index in [-0.39, 0.29) is 5.97 Å². The molecule has 1 rings (SSSR count). The lowest BCUT2D eigenvalue weighted by Crippen LogP contribution is -2.07. The molecule has 94 valence electrons. The molecule has 0 saturated heterocycles. The predicted molar refractivity (Wildman–Crippen MR) is 86.4 cm³/mol. The van der Waals surface area contributed by atoms with Gasteiger partial charge in [-0.25, -0.2) is 4.79 Å². The van der Waals surface area contributed by atoms with Crippen LogP contribution in [-0.2, 0) is 11.2 Å². The fourth-order valence-corrected chi connectivity index (χ4v) is 3.84. The number of carbonyl (C=O) groups excluding carboxylic acids is 1. The van der Waals surface area contributed by atoms with Crippen molar-refractivity contribution in [2.45, 2.75) is 33.1 Å². The Morgan fingerprint density at radius 2 is 1.82 bits per heavy atom. The molecule has 0 aromatic heterocycles. The first kappa shape index (κ1) is 15.2. The maximum atomic E-state index is 11.6. The molecule has 17 heavy (non-hydrogen) atoms. The normalized spacial score (nSPS) is 10.4. The fraction of sp³-hybridized carbons (Fsp3) is 0.462. The van der Waals surface area contributed by atoms with Crippen molar-refractivity contribution in [2.75, 3.05) is 6.61 Å². The third-order valence-electron chi connectivity index (χ3n) is 2.43. The number of unbranched alkanes of at least 4 members (excludes halogenated alkanes) is 1. The molecule has 0 atom stereocenters. The van der Waals surface area contributed by atoms with Crippen LogP contribution in [0.2, 0.25) is 0 Å². The minimum absolute atomic E-state index is 0.231. The molecule has 0 radical (unpaired) electrons. The third kappa shape index (κ3) is 4.39. The van der Waals surface area contributed by atoms with Crippen molar-refractivity contribution in [3.8, 4) is 0 Å². The first-order chi connectivity index (χ1) is 8.10. The second-order valence-corrected chi connectivity index (χ2v) is 6.07. The number of esters is 1. The second kappa shape index (κ2) is 7.56. The Labute approximate surface area is 130 Å². The number of hydrogen-bond donors (Lipinski definition) is 0. The first-order valence-electron chi connectivity index (χ1n) is 5.75. The van der Waals surface area contributed by atoms with Gasteiger partial charge in [0.25, 0.3) is 0 Å². The highest BCUT2D eigenvalue weighted by Gasteiger charge is 2.12. The first-order valence-corrected chi connectivity index (χ1v) is 7.90. The topological polar surface area (TPSA) is 26.3 Å². The Morgan fingerprint density at radius 1 is 1.24 bits per heavy atom. The predicted octanol–water partition coefficient (Wildman–Crippen LogP) is 4.42. The van der Waals surface area contributed by atoms with E-state index in [0.29, 0.717) is 12.2 Å². The summed E-state index contributed by atoms with van der Waals surface area (Å²) in [6, 6.07) is 3.84. The Bertz CT molecular complexity index is 379. The van der Waals surface area contributed by atoms with E-state index in [4.69, 9.17) is 4.74 Å². The molecule has 1 aromatic carbocycles. The van der Waals surface area contributed by atoms with E-state index in [0.717, 1.165) is 13.6 Å². The van der Waals surface area contributed by atoms with Gasteiger partial charge in [0.15, 0.2) is 0 Å². The van der Waals surface area contributed by atoms with Crippen molar-refractivity contribution < 1.29 is 9.53 Å². The maximum Gasteiger partial charge on any atom is 0.338 e. The van der Waals surface area contributed by atoms with Gasteiger partial charge in [-0.3, -0.25) is 0 Å². The lowest BCUT2D eigenvalue weighted by Gasteiger charge is -2.09. The average molecular weight is 458 g/mol. The summed E-state index contributed by atoms with van der Waals surface area (Å²) in [7, 11) is 0. The van der Waals surface area contributed by atoms with Crippen molar-refractivity contribution in [1.82, 2.24) is 0 Å². The fourth-order valence-electron chi connectivity index (χ4n) is 1.53. The van der Waals surface area contributed by atoms with Gasteiger partial charge in [0.05, 0.1) is 12.2 Å². The molecule has 0 N–H and O–H groups in total. The van der Waals surface area contributed by atoms with Gasteiger partial charge in [-0.05, 0) is 82.6 Å². The molecule has 0 aliphatic carbocycles. The molecule has 0 spiro atoms. The van der Waals surface area contributed by atoms with Crippen molar-refractivity contribution in [2.24, 2.45) is 0 Å². The van der Waals surface area contributed by atoms with Gasteiger partial charge in [0, 0.05) is 7.14 Å². The van der Waals surface area contributed by atoms with Crippen molar-refractivity contribution >= 4 is 51.2 Å². The highest BCUT2D eigenvalue weighted by atomic mass is 127. The van der Waals surface area contributed by atoms with E-state index in [2.05, 4.69) is 52.1 Å². The summed E-state index contributed by atoms with van der Waals surface area (Å²) in [5.41, 5.74) is 2.00. The lowest BCUT2D eigenvalue weighted by atomic mass is 10.1. The smallest absolute Gasteiger partial charge is 0.338 e. The molecule has 0 heterocycles. The molecule has 1 aromatic rings. The van der Waals surface area contributed by atoms with Crippen LogP contribution in [0.1, 0.15) is 42.6 Å². The van der Waals surface area contributed by atoms with Gasteiger partial charge in [-0.1, -0.05) is 13.3 Å². The minimum atomic E-state index is -0.231. The molecule has 0 amide bonds. The highest BCUT2D eigenvalue weighted by Crippen LogP contribution is 2.23. The van der Waals surface area contributed by atoms with Crippen molar-refractivity contribution in [3.05, 3.63) is 30.4 Å². The molecule has 0 bridgehead atoms. The molecule has 2 nitrogen and oxygen atoms in total. The van der Waals surface area contributed by atoms with Gasteiger partial charge in [0.1, 0.15) is 0 Å². The van der Waals surface area contributed by atoms with Crippen LogP contribution < -0.4 is 0 Å². The van der Waals surface area contributed by atoms with Crippen LogP contribution in [0.15, 0.2) is 12.1 Å². The van der Waals surface area contributed by atoms with E-state index in [1.165, 1.54) is 18.4 Å². The quantitative estimate of drug-likeness (QED) is 0.483. The molecule has 0 unspecified atom stereocenters. The second-order valence-electron chi connectivity index (χ2n) is 3.74. The minimum Gasteiger partial charge on any atom is -0.462 e. The number of ether oxygens (including phenoxy) is 1. The lowest BCUT2D eigenvalue weighted by molar-refractivity contribution is 0.0526. The summed E-state index contributed by atoms with van der Waals surface area (Å²) in [5, 5.41) is 0. The standard InChI is InChI=1S/C13H16I2O2/c1-3-5-6-10-11(14)7-9(8-12(10)15)13(16)17-4-2/h7-8H,3-6H2,1-2H3. The number of rotatable bonds is 5. The van der Waals surface area contributed by atoms with Gasteiger partial charge < -0.3 is 4.74 Å². The Balaban J connectivity index is 2.96. The van der Waals surface area contributed by atoms with Crippen LogP contribution in [0.25, 0.3) is 0 Å². The number of hydrogen-bond acceptors (Lipinski definition) is 2. The zero-order valence-corrected chi connectivity index (χ0v) is 14.4. The Morgan fingerprint density at radius 3 is 2.29 bits per heavy atom. The van der Waals surface area contributed by atoms with Crippen LogP contribution in [0.3, 0.4) is 0 Å². The Kier molecular flexibility index (Phi) is 6.76. The number of carbonyl (C=O) groups is 1. The van der Waals surface area contributed by atoms with E-state index in [1.54, 1.807) is 0 Å². The summed E-state index contributed by atoms with van der Waals surface area (Å²) in [5.74, 6) is -0.231. The van der Waals surface area contributed by atoms with Crippen molar-refractivity contribution in [1.29, 1.82) is 0 Å². The van der Waals surface area contributed by atoms with E-state index < -0.39 is 0 Å². The highest BCUT2D eigenvalue weighted by molar-refractivity contribution is 14.1. The zero-order valence-electron chi connectivity index (χ0n) is 10.1. The van der Waals surface area contributed by atoms with E-state index in [1.807, 2.05) is 19.1 Å². The summed E-state index contributed by atoms with van der Waals surface area (Å²) in [6.07, 6.45) is 3.45. The SMILES string of the molecule is CCCCc1c(I)cc(C(=O)OCC)cc1I. The largest absolute Gasteiger partial charge is 0.462 e. The molecular weight excluding hydrogens is 442 g/mol. The maximum absolute atomic E-state index is 11.6. The van der Waals surface area contributed by atoms with Gasteiger partial charge in [-0.15, -0.1) is 0 Å². The van der Waals surface area contributed by atoms with Crippen molar-refractivity contribution in [3.63, 3.8) is 0 Å².